The number of imide groups is 1. The van der Waals surface area contributed by atoms with Crippen LogP contribution in [-0.2, 0) is 10.3 Å². The van der Waals surface area contributed by atoms with Crippen molar-refractivity contribution in [1.82, 2.24) is 10.2 Å². The standard InChI is InChI=1S/C19H13F2N3O3/c1-19(13-5-2-11(9-22)3-6-13)17(26)24(18(27)23-19)10-16(25)12-4-7-14(20)15(21)8-12/h2-8H,10H2,1H3,(H,23,27)/t19-/m0/s1. The predicted octanol–water partition coefficient (Wildman–Crippen LogP) is 2.49. The average molecular weight is 369 g/mol. The van der Waals surface area contributed by atoms with Crippen LogP contribution in [0.4, 0.5) is 13.6 Å². The molecule has 0 unspecified atom stereocenters. The highest BCUT2D eigenvalue weighted by molar-refractivity contribution is 6.11. The summed E-state index contributed by atoms with van der Waals surface area (Å²) < 4.78 is 26.3. The van der Waals surface area contributed by atoms with Crippen molar-refractivity contribution in [3.63, 3.8) is 0 Å². The van der Waals surface area contributed by atoms with Gasteiger partial charge in [-0.05, 0) is 42.8 Å². The first-order chi connectivity index (χ1) is 12.8. The van der Waals surface area contributed by atoms with Crippen molar-refractivity contribution >= 4 is 17.7 Å². The molecule has 0 bridgehead atoms. The van der Waals surface area contributed by atoms with Crippen LogP contribution in [0.3, 0.4) is 0 Å². The zero-order valence-electron chi connectivity index (χ0n) is 14.1. The molecule has 3 amide bonds. The van der Waals surface area contributed by atoms with Crippen molar-refractivity contribution in [2.45, 2.75) is 12.5 Å². The Labute approximate surface area is 153 Å². The van der Waals surface area contributed by atoms with Crippen molar-refractivity contribution < 1.29 is 23.2 Å². The Balaban J connectivity index is 1.84. The number of benzene rings is 2. The van der Waals surface area contributed by atoms with Gasteiger partial charge in [0.15, 0.2) is 17.4 Å². The summed E-state index contributed by atoms with van der Waals surface area (Å²) in [5, 5.41) is 11.4. The molecule has 27 heavy (non-hydrogen) atoms. The molecule has 1 fully saturated rings. The third kappa shape index (κ3) is 3.15. The predicted molar refractivity (Wildman–Crippen MR) is 89.4 cm³/mol. The zero-order chi connectivity index (χ0) is 19.8. The lowest BCUT2D eigenvalue weighted by molar-refractivity contribution is -0.130. The fraction of sp³-hybridized carbons (Fsp3) is 0.158. The van der Waals surface area contributed by atoms with Crippen LogP contribution in [0.15, 0.2) is 42.5 Å². The number of hydrogen-bond donors (Lipinski definition) is 1. The van der Waals surface area contributed by atoms with E-state index in [9.17, 15) is 23.2 Å². The van der Waals surface area contributed by atoms with Gasteiger partial charge in [0.25, 0.3) is 5.91 Å². The highest BCUT2D eigenvalue weighted by Crippen LogP contribution is 2.29. The Bertz CT molecular complexity index is 998. The lowest BCUT2D eigenvalue weighted by Crippen LogP contribution is -2.41. The number of hydrogen-bond acceptors (Lipinski definition) is 4. The summed E-state index contributed by atoms with van der Waals surface area (Å²) in [6.07, 6.45) is 0. The van der Waals surface area contributed by atoms with Gasteiger partial charge in [-0.1, -0.05) is 12.1 Å². The molecule has 3 rings (SSSR count). The van der Waals surface area contributed by atoms with Crippen LogP contribution < -0.4 is 5.32 Å². The Morgan fingerprint density at radius 3 is 2.41 bits per heavy atom. The summed E-state index contributed by atoms with van der Waals surface area (Å²) in [7, 11) is 0. The van der Waals surface area contributed by atoms with E-state index in [2.05, 4.69) is 5.32 Å². The number of ketones is 1. The number of amides is 3. The quantitative estimate of drug-likeness (QED) is 0.662. The number of carbonyl (C=O) groups excluding carboxylic acids is 3. The van der Waals surface area contributed by atoms with Gasteiger partial charge in [-0.25, -0.2) is 13.6 Å². The van der Waals surface area contributed by atoms with Gasteiger partial charge in [0, 0.05) is 5.56 Å². The fourth-order valence-electron chi connectivity index (χ4n) is 2.82. The van der Waals surface area contributed by atoms with Gasteiger partial charge in [-0.2, -0.15) is 5.26 Å². The van der Waals surface area contributed by atoms with Crippen LogP contribution in [0.5, 0.6) is 0 Å². The highest BCUT2D eigenvalue weighted by atomic mass is 19.2. The molecule has 1 aliphatic rings. The fourth-order valence-corrected chi connectivity index (χ4v) is 2.82. The number of nitriles is 1. The molecular weight excluding hydrogens is 356 g/mol. The van der Waals surface area contributed by atoms with E-state index in [1.165, 1.54) is 31.2 Å². The van der Waals surface area contributed by atoms with Crippen LogP contribution in [0.25, 0.3) is 0 Å². The van der Waals surface area contributed by atoms with Crippen molar-refractivity contribution in [2.24, 2.45) is 0 Å². The number of urea groups is 1. The van der Waals surface area contributed by atoms with Crippen LogP contribution in [0, 0.1) is 23.0 Å². The summed E-state index contributed by atoms with van der Waals surface area (Å²) in [6.45, 7) is 0.873. The summed E-state index contributed by atoms with van der Waals surface area (Å²) >= 11 is 0. The molecule has 0 aliphatic carbocycles. The molecule has 2 aromatic rings. The van der Waals surface area contributed by atoms with Crippen LogP contribution in [0.1, 0.15) is 28.4 Å². The normalized spacial score (nSPS) is 19.0. The molecule has 2 aromatic carbocycles. The summed E-state index contributed by atoms with van der Waals surface area (Å²) in [4.78, 5) is 38.0. The smallest absolute Gasteiger partial charge is 0.319 e. The molecule has 136 valence electrons. The number of nitrogens with one attached hydrogen (secondary N) is 1. The maximum absolute atomic E-state index is 13.3. The Morgan fingerprint density at radius 2 is 1.81 bits per heavy atom. The van der Waals surface area contributed by atoms with E-state index < -0.39 is 41.4 Å². The van der Waals surface area contributed by atoms with Crippen molar-refractivity contribution in [3.8, 4) is 6.07 Å². The number of nitrogens with zero attached hydrogens (tertiary/aromatic N) is 2. The number of rotatable bonds is 4. The summed E-state index contributed by atoms with van der Waals surface area (Å²) in [5.74, 6) is -3.66. The molecule has 8 heteroatoms. The second-order valence-corrected chi connectivity index (χ2v) is 6.19. The Kier molecular flexibility index (Phi) is 4.45. The minimum absolute atomic E-state index is 0.151. The zero-order valence-corrected chi connectivity index (χ0v) is 14.1. The summed E-state index contributed by atoms with van der Waals surface area (Å²) in [6, 6.07) is 9.88. The SMILES string of the molecule is C[C@@]1(c2ccc(C#N)cc2)NC(=O)N(CC(=O)c2ccc(F)c(F)c2)C1=O. The third-order valence-electron chi connectivity index (χ3n) is 4.41. The van der Waals surface area contributed by atoms with Crippen LogP contribution >= 0.6 is 0 Å². The lowest BCUT2D eigenvalue weighted by Gasteiger charge is -2.22. The van der Waals surface area contributed by atoms with E-state index in [4.69, 9.17) is 5.26 Å². The lowest BCUT2D eigenvalue weighted by atomic mass is 9.91. The molecule has 1 saturated heterocycles. The molecule has 6 nitrogen and oxygen atoms in total. The van der Waals surface area contributed by atoms with Crippen molar-refractivity contribution in [3.05, 3.63) is 70.8 Å². The Hall–Kier alpha value is -3.60. The van der Waals surface area contributed by atoms with Crippen LogP contribution in [0.2, 0.25) is 0 Å². The highest BCUT2D eigenvalue weighted by Gasteiger charge is 2.49. The van der Waals surface area contributed by atoms with E-state index in [1.807, 2.05) is 6.07 Å². The first-order valence-electron chi connectivity index (χ1n) is 7.89. The van der Waals surface area contributed by atoms with E-state index in [1.54, 1.807) is 0 Å². The topological polar surface area (TPSA) is 90.3 Å². The average Bonchev–Trinajstić information content (AvgIpc) is 2.88. The van der Waals surface area contributed by atoms with Crippen molar-refractivity contribution in [2.75, 3.05) is 6.54 Å². The first-order valence-corrected chi connectivity index (χ1v) is 7.89. The van der Waals surface area contributed by atoms with Gasteiger partial charge in [0.1, 0.15) is 5.54 Å². The van der Waals surface area contributed by atoms with Gasteiger partial charge in [-0.3, -0.25) is 14.5 Å². The minimum atomic E-state index is -1.40. The van der Waals surface area contributed by atoms with Gasteiger partial charge in [0.05, 0.1) is 18.2 Å². The van der Waals surface area contributed by atoms with Crippen LogP contribution in [-0.4, -0.2) is 29.2 Å². The molecule has 0 spiro atoms. The summed E-state index contributed by atoms with van der Waals surface area (Å²) in [5.41, 5.74) is -0.715. The molecule has 0 aromatic heterocycles. The van der Waals surface area contributed by atoms with Gasteiger partial charge >= 0.3 is 6.03 Å². The van der Waals surface area contributed by atoms with E-state index in [-0.39, 0.29) is 5.56 Å². The molecule has 1 aliphatic heterocycles. The monoisotopic (exact) mass is 369 g/mol. The largest absolute Gasteiger partial charge is 0.325 e. The van der Waals surface area contributed by atoms with E-state index >= 15 is 0 Å². The molecule has 1 heterocycles. The second-order valence-electron chi connectivity index (χ2n) is 6.19. The molecule has 1 atom stereocenters. The van der Waals surface area contributed by atoms with Gasteiger partial charge in [-0.15, -0.1) is 0 Å². The van der Waals surface area contributed by atoms with E-state index in [0.29, 0.717) is 11.1 Å². The molecule has 0 radical (unpaired) electrons. The Morgan fingerprint density at radius 1 is 1.15 bits per heavy atom. The third-order valence-corrected chi connectivity index (χ3v) is 4.41. The number of Topliss-reactive ketones (excluding diaryl/α,β-unsaturated/α-hetero) is 1. The van der Waals surface area contributed by atoms with Gasteiger partial charge < -0.3 is 5.32 Å². The number of halogens is 2. The van der Waals surface area contributed by atoms with E-state index in [0.717, 1.165) is 23.1 Å². The van der Waals surface area contributed by atoms with Crippen molar-refractivity contribution in [1.29, 1.82) is 5.26 Å². The minimum Gasteiger partial charge on any atom is -0.319 e. The maximum Gasteiger partial charge on any atom is 0.325 e. The maximum atomic E-state index is 13.3. The molecule has 0 saturated carbocycles. The molecular formula is C19H13F2N3O3. The number of carbonyl (C=O) groups is 3. The molecule has 1 N–H and O–H groups in total. The first kappa shape index (κ1) is 18.2. The van der Waals surface area contributed by atoms with Gasteiger partial charge in [0.2, 0.25) is 0 Å². The second kappa shape index (κ2) is 6.61.